The van der Waals surface area contributed by atoms with Crippen molar-refractivity contribution in [3.8, 4) is 5.88 Å². The van der Waals surface area contributed by atoms with Gasteiger partial charge in [0.25, 0.3) is 0 Å². The minimum Gasteiger partial charge on any atom is -0.472 e. The molecule has 0 spiro atoms. The van der Waals surface area contributed by atoms with Crippen LogP contribution in [0.2, 0.25) is 0 Å². The number of nitrogens with zero attached hydrogens (tertiary/aromatic N) is 3. The van der Waals surface area contributed by atoms with Crippen LogP contribution in [-0.4, -0.2) is 47.8 Å². The van der Waals surface area contributed by atoms with Crippen LogP contribution < -0.4 is 10.1 Å². The molecule has 1 aromatic heterocycles. The number of carbonyl (C=O) groups is 1. The van der Waals surface area contributed by atoms with E-state index in [1.165, 1.54) is 35.8 Å². The first-order chi connectivity index (χ1) is 12.4. The summed E-state index contributed by atoms with van der Waals surface area (Å²) >= 11 is 0. The average molecular weight is 376 g/mol. The molecule has 1 fully saturated rings. The maximum atomic E-state index is 12.9. The van der Waals surface area contributed by atoms with Gasteiger partial charge in [0.1, 0.15) is 6.10 Å². The van der Waals surface area contributed by atoms with Crippen molar-refractivity contribution in [3.05, 3.63) is 42.9 Å². The van der Waals surface area contributed by atoms with Gasteiger partial charge in [-0.3, -0.25) is 9.78 Å². The Morgan fingerprint density at radius 3 is 2.69 bits per heavy atom. The van der Waals surface area contributed by atoms with Gasteiger partial charge in [-0.1, -0.05) is 0 Å². The number of hydrogen-bond acceptors (Lipinski definition) is 6. The van der Waals surface area contributed by atoms with Gasteiger partial charge in [-0.25, -0.2) is 13.4 Å². The van der Waals surface area contributed by atoms with E-state index in [-0.39, 0.29) is 23.5 Å². The highest BCUT2D eigenvalue weighted by molar-refractivity contribution is 7.89. The summed E-state index contributed by atoms with van der Waals surface area (Å²) in [5.41, 5.74) is 0.555. The van der Waals surface area contributed by atoms with E-state index in [9.17, 15) is 13.2 Å². The lowest BCUT2D eigenvalue weighted by Crippen LogP contribution is -2.44. The van der Waals surface area contributed by atoms with E-state index >= 15 is 0 Å². The number of ether oxygens (including phenoxy) is 1. The van der Waals surface area contributed by atoms with Gasteiger partial charge in [-0.15, -0.1) is 0 Å². The summed E-state index contributed by atoms with van der Waals surface area (Å²) in [7, 11) is -3.63. The second-order valence-electron chi connectivity index (χ2n) is 5.99. The third kappa shape index (κ3) is 4.36. The maximum Gasteiger partial charge on any atom is 0.243 e. The van der Waals surface area contributed by atoms with Crippen LogP contribution in [0.5, 0.6) is 5.88 Å². The second-order valence-corrected chi connectivity index (χ2v) is 7.93. The lowest BCUT2D eigenvalue weighted by Gasteiger charge is -2.31. The Kier molecular flexibility index (Phi) is 5.48. The minimum absolute atomic E-state index is 0.187. The topological polar surface area (TPSA) is 101 Å². The first kappa shape index (κ1) is 18.3. The van der Waals surface area contributed by atoms with Crippen molar-refractivity contribution in [2.45, 2.75) is 30.8 Å². The van der Waals surface area contributed by atoms with Gasteiger partial charge in [0.15, 0.2) is 0 Å². The third-order valence-electron chi connectivity index (χ3n) is 3.98. The fourth-order valence-corrected chi connectivity index (χ4v) is 4.31. The number of anilines is 1. The zero-order chi connectivity index (χ0) is 18.6. The number of sulfonamides is 1. The predicted octanol–water partition coefficient (Wildman–Crippen LogP) is 1.67. The molecular formula is C17H20N4O4S. The molecule has 0 radical (unpaired) electrons. The van der Waals surface area contributed by atoms with Crippen LogP contribution in [0.25, 0.3) is 0 Å². The van der Waals surface area contributed by atoms with Crippen LogP contribution in [0.3, 0.4) is 0 Å². The van der Waals surface area contributed by atoms with E-state index in [1.54, 1.807) is 18.3 Å². The van der Waals surface area contributed by atoms with E-state index < -0.39 is 10.0 Å². The van der Waals surface area contributed by atoms with Crippen molar-refractivity contribution in [1.82, 2.24) is 14.3 Å². The normalized spacial score (nSPS) is 18.3. The molecule has 0 aliphatic carbocycles. The fourth-order valence-electron chi connectivity index (χ4n) is 2.80. The molecule has 1 aliphatic rings. The first-order valence-electron chi connectivity index (χ1n) is 8.25. The number of carbonyl (C=O) groups excluding carboxylic acids is 1. The van der Waals surface area contributed by atoms with Crippen LogP contribution in [0.4, 0.5) is 5.69 Å². The molecule has 1 amide bonds. The average Bonchev–Trinajstić information content (AvgIpc) is 2.63. The number of benzene rings is 1. The number of aromatic nitrogens is 2. The number of nitrogens with one attached hydrogen (secondary N) is 1. The van der Waals surface area contributed by atoms with Crippen molar-refractivity contribution in [3.63, 3.8) is 0 Å². The van der Waals surface area contributed by atoms with Gasteiger partial charge in [0.05, 0.1) is 17.6 Å². The van der Waals surface area contributed by atoms with Crippen molar-refractivity contribution >= 4 is 21.6 Å². The molecule has 3 rings (SSSR count). The van der Waals surface area contributed by atoms with E-state index in [2.05, 4.69) is 15.3 Å². The molecule has 1 N–H and O–H groups in total. The monoisotopic (exact) mass is 376 g/mol. The fraction of sp³-hybridized carbons (Fsp3) is 0.353. The van der Waals surface area contributed by atoms with Gasteiger partial charge in [-0.05, 0) is 37.1 Å². The van der Waals surface area contributed by atoms with Gasteiger partial charge in [-0.2, -0.15) is 4.31 Å². The zero-order valence-corrected chi connectivity index (χ0v) is 15.1. The highest BCUT2D eigenvalue weighted by Crippen LogP contribution is 2.24. The molecule has 1 atom stereocenters. The summed E-state index contributed by atoms with van der Waals surface area (Å²) < 4.78 is 32.9. The molecule has 2 aromatic rings. The van der Waals surface area contributed by atoms with Crippen molar-refractivity contribution in [2.24, 2.45) is 0 Å². The molecule has 9 heteroatoms. The lowest BCUT2D eigenvalue weighted by atomic mass is 10.1. The largest absolute Gasteiger partial charge is 0.472 e. The summed E-state index contributed by atoms with van der Waals surface area (Å²) in [5, 5.41) is 2.62. The van der Waals surface area contributed by atoms with Gasteiger partial charge >= 0.3 is 0 Å². The molecule has 1 aromatic carbocycles. The quantitative estimate of drug-likeness (QED) is 0.852. The smallest absolute Gasteiger partial charge is 0.243 e. The minimum atomic E-state index is -3.63. The Balaban J connectivity index is 1.71. The van der Waals surface area contributed by atoms with E-state index in [1.807, 2.05) is 0 Å². The van der Waals surface area contributed by atoms with Crippen LogP contribution in [0.15, 0.2) is 47.8 Å². The van der Waals surface area contributed by atoms with Crippen molar-refractivity contribution in [2.75, 3.05) is 18.4 Å². The molecule has 0 bridgehead atoms. The lowest BCUT2D eigenvalue weighted by molar-refractivity contribution is -0.114. The predicted molar refractivity (Wildman–Crippen MR) is 95.2 cm³/mol. The SMILES string of the molecule is CC(=O)Nc1ccc(S(=O)(=O)N2CCCC(Oc3cnccn3)C2)cc1. The molecule has 26 heavy (non-hydrogen) atoms. The summed E-state index contributed by atoms with van der Waals surface area (Å²) in [4.78, 5) is 19.3. The Morgan fingerprint density at radius 2 is 2.04 bits per heavy atom. The Bertz CT molecular complexity index is 856. The maximum absolute atomic E-state index is 12.9. The van der Waals surface area contributed by atoms with Crippen molar-refractivity contribution in [1.29, 1.82) is 0 Å². The van der Waals surface area contributed by atoms with Crippen LogP contribution in [-0.2, 0) is 14.8 Å². The Labute approximate surface area is 152 Å². The summed E-state index contributed by atoms with van der Waals surface area (Å²) in [5.74, 6) is 0.178. The highest BCUT2D eigenvalue weighted by Gasteiger charge is 2.31. The first-order valence-corrected chi connectivity index (χ1v) is 9.69. The number of amides is 1. The van der Waals surface area contributed by atoms with E-state index in [0.717, 1.165) is 6.42 Å². The van der Waals surface area contributed by atoms with E-state index in [0.29, 0.717) is 24.5 Å². The highest BCUT2D eigenvalue weighted by atomic mass is 32.2. The van der Waals surface area contributed by atoms with Gasteiger partial charge in [0, 0.05) is 31.5 Å². The van der Waals surface area contributed by atoms with Crippen LogP contribution in [0, 0.1) is 0 Å². The van der Waals surface area contributed by atoms with Gasteiger partial charge in [0.2, 0.25) is 21.8 Å². The Hall–Kier alpha value is -2.52. The molecule has 1 saturated heterocycles. The molecule has 1 aliphatic heterocycles. The molecular weight excluding hydrogens is 356 g/mol. The van der Waals surface area contributed by atoms with E-state index in [4.69, 9.17) is 4.74 Å². The molecule has 8 nitrogen and oxygen atoms in total. The summed E-state index contributed by atoms with van der Waals surface area (Å²) in [6.07, 6.45) is 5.78. The van der Waals surface area contributed by atoms with Gasteiger partial charge < -0.3 is 10.1 Å². The van der Waals surface area contributed by atoms with Crippen molar-refractivity contribution < 1.29 is 17.9 Å². The standard InChI is InChI=1S/C17H20N4O4S/c1-13(22)20-14-4-6-16(7-5-14)26(23,24)21-10-2-3-15(12-21)25-17-11-18-8-9-19-17/h4-9,11,15H,2-3,10,12H2,1H3,(H,20,22). The number of hydrogen-bond donors (Lipinski definition) is 1. The zero-order valence-electron chi connectivity index (χ0n) is 14.3. The third-order valence-corrected chi connectivity index (χ3v) is 5.86. The molecule has 0 saturated carbocycles. The number of rotatable bonds is 5. The molecule has 2 heterocycles. The van der Waals surface area contributed by atoms with Crippen LogP contribution in [0.1, 0.15) is 19.8 Å². The molecule has 1 unspecified atom stereocenters. The summed E-state index contributed by atoms with van der Waals surface area (Å²) in [6.45, 7) is 2.10. The molecule has 138 valence electrons. The number of piperidine rings is 1. The second kappa shape index (κ2) is 7.79. The summed E-state index contributed by atoms with van der Waals surface area (Å²) in [6, 6.07) is 6.14. The van der Waals surface area contributed by atoms with Crippen LogP contribution >= 0.6 is 0 Å². The Morgan fingerprint density at radius 1 is 1.27 bits per heavy atom.